The van der Waals surface area contributed by atoms with Crippen LogP contribution in [0.5, 0.6) is 11.5 Å². The number of aromatic nitrogens is 1. The van der Waals surface area contributed by atoms with Gasteiger partial charge in [-0.15, -0.1) is 0 Å². The van der Waals surface area contributed by atoms with Crippen LogP contribution in [0, 0.1) is 23.3 Å². The van der Waals surface area contributed by atoms with E-state index >= 15 is 0 Å². The minimum absolute atomic E-state index is 0.0899. The largest absolute Gasteiger partial charge is 0.496 e. The highest BCUT2D eigenvalue weighted by Crippen LogP contribution is 2.31. The first-order valence-corrected chi connectivity index (χ1v) is 13.2. The van der Waals surface area contributed by atoms with Crippen molar-refractivity contribution in [3.63, 3.8) is 0 Å². The third-order valence-corrected chi connectivity index (χ3v) is 7.57. The molecular formula is C30H22F4N2O5S. The molecule has 0 spiro atoms. The second-order valence-corrected chi connectivity index (χ2v) is 10.2. The lowest BCUT2D eigenvalue weighted by molar-refractivity contribution is -0.136. The number of carbonyl (C=O) groups excluding carboxylic acids is 1. The highest BCUT2D eigenvalue weighted by Gasteiger charge is 2.33. The van der Waals surface area contributed by atoms with E-state index in [0.717, 1.165) is 11.3 Å². The molecule has 0 saturated carbocycles. The molecule has 0 bridgehead atoms. The summed E-state index contributed by atoms with van der Waals surface area (Å²) in [6.45, 7) is 1.17. The molecule has 216 valence electrons. The summed E-state index contributed by atoms with van der Waals surface area (Å²) in [4.78, 5) is 31.4. The van der Waals surface area contributed by atoms with Crippen molar-refractivity contribution in [2.24, 2.45) is 4.99 Å². The molecule has 1 aromatic heterocycles. The van der Waals surface area contributed by atoms with E-state index in [1.165, 1.54) is 18.8 Å². The first-order valence-electron chi connectivity index (χ1n) is 12.4. The number of carbonyl (C=O) groups is 1. The van der Waals surface area contributed by atoms with E-state index in [1.807, 2.05) is 6.07 Å². The van der Waals surface area contributed by atoms with Crippen molar-refractivity contribution in [1.82, 2.24) is 4.57 Å². The molecule has 1 aliphatic rings. The van der Waals surface area contributed by atoms with Gasteiger partial charge in [-0.1, -0.05) is 47.7 Å². The standard InChI is InChI=1S/C30H22F4N2O5S/c1-15-23(29(38)40-3)26(17-7-5-4-6-8-17)36-28(37)22(42-30(36)35-15)12-16-9-10-21(39-2)18(11-16)14-41-27-24(33)19(31)13-20(32)25(27)34/h4-13,26H,14H2,1-3H3. The number of ether oxygens (including phenoxy) is 3. The molecule has 0 aliphatic carbocycles. The molecule has 4 aromatic rings. The van der Waals surface area contributed by atoms with Gasteiger partial charge in [0, 0.05) is 11.6 Å². The van der Waals surface area contributed by atoms with Gasteiger partial charge in [0.15, 0.2) is 22.2 Å². The fourth-order valence-electron chi connectivity index (χ4n) is 4.62. The summed E-state index contributed by atoms with van der Waals surface area (Å²) in [7, 11) is 2.62. The maximum atomic E-state index is 14.1. The molecule has 5 rings (SSSR count). The van der Waals surface area contributed by atoms with Crippen LogP contribution in [0.4, 0.5) is 17.6 Å². The van der Waals surface area contributed by atoms with Crippen molar-refractivity contribution >= 4 is 23.4 Å². The maximum absolute atomic E-state index is 14.1. The lowest BCUT2D eigenvalue weighted by Gasteiger charge is -2.24. The molecule has 0 radical (unpaired) electrons. The fraction of sp³-hybridized carbons (Fsp3) is 0.167. The second kappa shape index (κ2) is 11.6. The second-order valence-electron chi connectivity index (χ2n) is 9.14. The Labute approximate surface area is 240 Å². The number of fused-ring (bicyclic) bond motifs is 1. The first-order chi connectivity index (χ1) is 20.1. The Bertz CT molecular complexity index is 1890. The quantitative estimate of drug-likeness (QED) is 0.177. The molecule has 1 unspecified atom stereocenters. The monoisotopic (exact) mass is 598 g/mol. The summed E-state index contributed by atoms with van der Waals surface area (Å²) in [5, 5.41) is 0. The van der Waals surface area contributed by atoms with Crippen LogP contribution in [0.15, 0.2) is 75.7 Å². The van der Waals surface area contributed by atoms with Crippen LogP contribution in [0.2, 0.25) is 0 Å². The smallest absolute Gasteiger partial charge is 0.338 e. The minimum Gasteiger partial charge on any atom is -0.496 e. The average molecular weight is 599 g/mol. The van der Waals surface area contributed by atoms with E-state index in [4.69, 9.17) is 14.2 Å². The Morgan fingerprint density at radius 3 is 2.36 bits per heavy atom. The van der Waals surface area contributed by atoms with Gasteiger partial charge in [-0.2, -0.15) is 8.78 Å². The summed E-state index contributed by atoms with van der Waals surface area (Å²) in [5.74, 6) is -8.07. The zero-order valence-corrected chi connectivity index (χ0v) is 23.2. The lowest BCUT2D eigenvalue weighted by Crippen LogP contribution is -2.39. The number of halogens is 4. The summed E-state index contributed by atoms with van der Waals surface area (Å²) in [5.41, 5.74) is 1.71. The van der Waals surface area contributed by atoms with Crippen LogP contribution >= 0.6 is 11.3 Å². The average Bonchev–Trinajstić information content (AvgIpc) is 3.29. The minimum atomic E-state index is -1.67. The molecule has 0 N–H and O–H groups in total. The van der Waals surface area contributed by atoms with E-state index in [0.29, 0.717) is 21.6 Å². The van der Waals surface area contributed by atoms with Crippen LogP contribution in [0.25, 0.3) is 6.08 Å². The van der Waals surface area contributed by atoms with E-state index in [2.05, 4.69) is 4.99 Å². The van der Waals surface area contributed by atoms with Crippen LogP contribution in [-0.4, -0.2) is 24.8 Å². The number of esters is 1. The van der Waals surface area contributed by atoms with Crippen molar-refractivity contribution in [3.8, 4) is 11.5 Å². The van der Waals surface area contributed by atoms with Gasteiger partial charge in [-0.05, 0) is 36.3 Å². The van der Waals surface area contributed by atoms with Gasteiger partial charge < -0.3 is 14.2 Å². The van der Waals surface area contributed by atoms with Gasteiger partial charge in [0.1, 0.15) is 12.4 Å². The van der Waals surface area contributed by atoms with Crippen molar-refractivity contribution in [2.75, 3.05) is 14.2 Å². The van der Waals surface area contributed by atoms with Gasteiger partial charge in [0.2, 0.25) is 11.6 Å². The van der Waals surface area contributed by atoms with E-state index in [1.54, 1.807) is 55.5 Å². The highest BCUT2D eigenvalue weighted by molar-refractivity contribution is 7.07. The van der Waals surface area contributed by atoms with Gasteiger partial charge in [-0.3, -0.25) is 9.36 Å². The van der Waals surface area contributed by atoms with E-state index in [-0.39, 0.29) is 27.5 Å². The zero-order valence-electron chi connectivity index (χ0n) is 22.4. The SMILES string of the molecule is COC(=O)C1=C(C)N=c2sc(=Cc3ccc(OC)c(COc4c(F)c(F)cc(F)c4F)c3)c(=O)n2C1c1ccccc1. The Hall–Kier alpha value is -4.71. The molecule has 3 aromatic carbocycles. The zero-order chi connectivity index (χ0) is 30.1. The number of rotatable bonds is 7. The Balaban J connectivity index is 1.57. The number of hydrogen-bond donors (Lipinski definition) is 0. The van der Waals surface area contributed by atoms with Crippen molar-refractivity contribution in [3.05, 3.63) is 126 Å². The van der Waals surface area contributed by atoms with Crippen molar-refractivity contribution in [2.45, 2.75) is 19.6 Å². The van der Waals surface area contributed by atoms with E-state index in [9.17, 15) is 27.2 Å². The van der Waals surface area contributed by atoms with Crippen LogP contribution < -0.4 is 24.4 Å². The van der Waals surface area contributed by atoms with Gasteiger partial charge >= 0.3 is 5.97 Å². The Morgan fingerprint density at radius 2 is 1.71 bits per heavy atom. The number of benzene rings is 3. The molecule has 0 fully saturated rings. The molecule has 0 amide bonds. The normalized spacial score (nSPS) is 14.8. The van der Waals surface area contributed by atoms with Crippen LogP contribution in [0.3, 0.4) is 0 Å². The molecular weight excluding hydrogens is 576 g/mol. The Kier molecular flexibility index (Phi) is 7.99. The summed E-state index contributed by atoms with van der Waals surface area (Å²) >= 11 is 1.11. The number of thiazole rings is 1. The van der Waals surface area contributed by atoms with E-state index < -0.39 is 53.2 Å². The summed E-state index contributed by atoms with van der Waals surface area (Å²) in [6.07, 6.45) is 1.58. The molecule has 0 saturated heterocycles. The summed E-state index contributed by atoms with van der Waals surface area (Å²) in [6, 6.07) is 13.1. The Morgan fingerprint density at radius 1 is 1.02 bits per heavy atom. The van der Waals surface area contributed by atoms with Crippen molar-refractivity contribution < 1.29 is 36.6 Å². The molecule has 1 aliphatic heterocycles. The lowest BCUT2D eigenvalue weighted by atomic mass is 9.96. The number of nitrogens with zero attached hydrogens (tertiary/aromatic N) is 2. The fourth-order valence-corrected chi connectivity index (χ4v) is 5.67. The molecule has 42 heavy (non-hydrogen) atoms. The molecule has 1 atom stereocenters. The summed E-state index contributed by atoms with van der Waals surface area (Å²) < 4.78 is 72.6. The molecule has 12 heteroatoms. The number of allylic oxidation sites excluding steroid dienone is 1. The first kappa shape index (κ1) is 28.8. The molecule has 7 nitrogen and oxygen atoms in total. The van der Waals surface area contributed by atoms with Crippen molar-refractivity contribution in [1.29, 1.82) is 0 Å². The topological polar surface area (TPSA) is 79.1 Å². The number of hydrogen-bond acceptors (Lipinski definition) is 7. The number of methoxy groups -OCH3 is 2. The van der Waals surface area contributed by atoms with Gasteiger partial charge in [0.05, 0.1) is 36.1 Å². The predicted octanol–water partition coefficient (Wildman–Crippen LogP) is 4.55. The van der Waals surface area contributed by atoms with Gasteiger partial charge in [0.25, 0.3) is 5.56 Å². The van der Waals surface area contributed by atoms with Crippen LogP contribution in [0.1, 0.15) is 29.7 Å². The van der Waals surface area contributed by atoms with Gasteiger partial charge in [-0.25, -0.2) is 18.6 Å². The highest BCUT2D eigenvalue weighted by atomic mass is 32.1. The third kappa shape index (κ3) is 5.20. The maximum Gasteiger partial charge on any atom is 0.338 e. The van der Waals surface area contributed by atoms with Crippen LogP contribution in [-0.2, 0) is 16.1 Å². The predicted molar refractivity (Wildman–Crippen MR) is 146 cm³/mol. The third-order valence-electron chi connectivity index (χ3n) is 6.59. The molecule has 2 heterocycles.